The number of methoxy groups -OCH3 is 1. The molecule has 0 unspecified atom stereocenters. The minimum Gasteiger partial charge on any atom is -0.481 e. The van der Waals surface area contributed by atoms with Crippen molar-refractivity contribution >= 4 is 21.8 Å². The lowest BCUT2D eigenvalue weighted by atomic mass is 10.2. The lowest BCUT2D eigenvalue weighted by molar-refractivity contribution is 0.393. The number of nitrogens with one attached hydrogen (secondary N) is 1. The Bertz CT molecular complexity index is 327. The molecule has 0 spiro atoms. The van der Waals surface area contributed by atoms with Crippen LogP contribution in [0.25, 0.3) is 0 Å². The summed E-state index contributed by atoms with van der Waals surface area (Å²) in [7, 11) is 1.54. The van der Waals surface area contributed by atoms with Crippen LogP contribution < -0.4 is 10.5 Å². The number of aromatic nitrogens is 1. The van der Waals surface area contributed by atoms with Gasteiger partial charge in [0.15, 0.2) is 0 Å². The van der Waals surface area contributed by atoms with Crippen molar-refractivity contribution in [3.05, 3.63) is 22.3 Å². The van der Waals surface area contributed by atoms with Crippen molar-refractivity contribution in [1.29, 1.82) is 5.41 Å². The first-order chi connectivity index (χ1) is 6.13. The number of nitrogens with two attached hydrogens (primary N) is 1. The molecule has 4 nitrogen and oxygen atoms in total. The molecule has 0 aliphatic heterocycles. The minimum atomic E-state index is 0.0956. The number of nitrogens with zero attached hydrogens (tertiary/aromatic N) is 1. The molecule has 13 heavy (non-hydrogen) atoms. The molecule has 0 bridgehead atoms. The van der Waals surface area contributed by atoms with Crippen LogP contribution >= 0.6 is 15.9 Å². The first-order valence-electron chi connectivity index (χ1n) is 3.64. The quantitative estimate of drug-likeness (QED) is 0.622. The van der Waals surface area contributed by atoms with E-state index in [0.717, 1.165) is 10.0 Å². The fraction of sp³-hybridized carbons (Fsp3) is 0.250. The molecule has 0 saturated carbocycles. The van der Waals surface area contributed by atoms with Gasteiger partial charge in [-0.15, -0.1) is 0 Å². The van der Waals surface area contributed by atoms with Crippen molar-refractivity contribution in [1.82, 2.24) is 4.98 Å². The zero-order chi connectivity index (χ0) is 9.84. The predicted molar refractivity (Wildman–Crippen MR) is 54.1 cm³/mol. The summed E-state index contributed by atoms with van der Waals surface area (Å²) in [5, 5.41) is 7.15. The van der Waals surface area contributed by atoms with E-state index in [4.69, 9.17) is 15.9 Å². The van der Waals surface area contributed by atoms with Crippen LogP contribution in [0.4, 0.5) is 0 Å². The molecule has 0 radical (unpaired) electrons. The van der Waals surface area contributed by atoms with Crippen LogP contribution in [0.2, 0.25) is 0 Å². The highest BCUT2D eigenvalue weighted by Gasteiger charge is 2.05. The number of rotatable bonds is 3. The van der Waals surface area contributed by atoms with Gasteiger partial charge in [0.2, 0.25) is 5.88 Å². The monoisotopic (exact) mass is 243 g/mol. The van der Waals surface area contributed by atoms with Crippen molar-refractivity contribution in [3.8, 4) is 5.88 Å². The van der Waals surface area contributed by atoms with E-state index >= 15 is 0 Å². The molecule has 0 atom stereocenters. The standard InChI is InChI=1S/C8H10BrN3O/c1-13-8-5(3-7(10)11)2-6(9)4-12-8/h2,4H,3H2,1H3,(H3,10,11). The molecule has 0 saturated heterocycles. The lowest BCUT2D eigenvalue weighted by Gasteiger charge is -2.06. The van der Waals surface area contributed by atoms with Gasteiger partial charge in [-0.25, -0.2) is 4.98 Å². The molecule has 1 aromatic heterocycles. The molecule has 70 valence electrons. The van der Waals surface area contributed by atoms with Crippen LogP contribution in [-0.4, -0.2) is 17.9 Å². The topological polar surface area (TPSA) is 72.0 Å². The van der Waals surface area contributed by atoms with E-state index in [0.29, 0.717) is 12.3 Å². The van der Waals surface area contributed by atoms with Gasteiger partial charge in [0, 0.05) is 22.7 Å². The van der Waals surface area contributed by atoms with Crippen molar-refractivity contribution < 1.29 is 4.74 Å². The zero-order valence-corrected chi connectivity index (χ0v) is 8.76. The number of hydrogen-bond acceptors (Lipinski definition) is 3. The maximum Gasteiger partial charge on any atom is 0.216 e. The predicted octanol–water partition coefficient (Wildman–Crippen LogP) is 1.33. The average molecular weight is 244 g/mol. The Morgan fingerprint density at radius 3 is 3.00 bits per heavy atom. The van der Waals surface area contributed by atoms with E-state index in [1.165, 1.54) is 0 Å². The average Bonchev–Trinajstić information content (AvgIpc) is 2.03. The highest BCUT2D eigenvalue weighted by Crippen LogP contribution is 2.19. The first kappa shape index (κ1) is 9.98. The van der Waals surface area contributed by atoms with Crippen LogP contribution in [0.5, 0.6) is 5.88 Å². The summed E-state index contributed by atoms with van der Waals surface area (Å²) in [6.07, 6.45) is 2.00. The van der Waals surface area contributed by atoms with E-state index in [1.807, 2.05) is 6.07 Å². The molecule has 0 aromatic carbocycles. The molecule has 0 aliphatic carbocycles. The van der Waals surface area contributed by atoms with E-state index in [1.54, 1.807) is 13.3 Å². The van der Waals surface area contributed by atoms with Gasteiger partial charge in [0.25, 0.3) is 0 Å². The molecular weight excluding hydrogens is 234 g/mol. The van der Waals surface area contributed by atoms with Crippen molar-refractivity contribution in [2.45, 2.75) is 6.42 Å². The van der Waals surface area contributed by atoms with Crippen LogP contribution in [0.15, 0.2) is 16.7 Å². The fourth-order valence-corrected chi connectivity index (χ4v) is 1.36. The molecule has 3 N–H and O–H groups in total. The van der Waals surface area contributed by atoms with Crippen LogP contribution in [0.3, 0.4) is 0 Å². The maximum absolute atomic E-state index is 7.15. The summed E-state index contributed by atoms with van der Waals surface area (Å²) in [6, 6.07) is 1.84. The summed E-state index contributed by atoms with van der Waals surface area (Å²) in [5.41, 5.74) is 6.09. The van der Waals surface area contributed by atoms with Gasteiger partial charge in [-0.1, -0.05) is 0 Å². The van der Waals surface area contributed by atoms with E-state index < -0.39 is 0 Å². The van der Waals surface area contributed by atoms with Gasteiger partial charge in [-0.3, -0.25) is 5.41 Å². The third-order valence-electron chi connectivity index (χ3n) is 1.47. The molecule has 1 rings (SSSR count). The third-order valence-corrected chi connectivity index (χ3v) is 1.90. The first-order valence-corrected chi connectivity index (χ1v) is 4.44. The Hall–Kier alpha value is -1.10. The Labute approximate surface area is 84.8 Å². The van der Waals surface area contributed by atoms with E-state index in [-0.39, 0.29) is 5.84 Å². The summed E-state index contributed by atoms with van der Waals surface area (Å²) in [6.45, 7) is 0. The molecular formula is C8H10BrN3O. The number of ether oxygens (including phenoxy) is 1. The smallest absolute Gasteiger partial charge is 0.216 e. The van der Waals surface area contributed by atoms with Crippen molar-refractivity contribution in [2.75, 3.05) is 7.11 Å². The second-order valence-corrected chi connectivity index (χ2v) is 3.44. The Morgan fingerprint density at radius 2 is 2.46 bits per heavy atom. The summed E-state index contributed by atoms with van der Waals surface area (Å²) in [4.78, 5) is 4.03. The van der Waals surface area contributed by atoms with Crippen molar-refractivity contribution in [2.24, 2.45) is 5.73 Å². The minimum absolute atomic E-state index is 0.0956. The summed E-state index contributed by atoms with van der Waals surface area (Å²) < 4.78 is 5.87. The van der Waals surface area contributed by atoms with Gasteiger partial charge in [-0.2, -0.15) is 0 Å². The molecule has 5 heteroatoms. The van der Waals surface area contributed by atoms with E-state index in [9.17, 15) is 0 Å². The largest absolute Gasteiger partial charge is 0.481 e. The zero-order valence-electron chi connectivity index (χ0n) is 7.17. The van der Waals surface area contributed by atoms with Crippen LogP contribution in [0.1, 0.15) is 5.56 Å². The highest BCUT2D eigenvalue weighted by molar-refractivity contribution is 9.10. The summed E-state index contributed by atoms with van der Waals surface area (Å²) in [5.74, 6) is 0.608. The Balaban J connectivity index is 3.01. The van der Waals surface area contributed by atoms with Crippen molar-refractivity contribution in [3.63, 3.8) is 0 Å². The molecule has 0 fully saturated rings. The number of amidine groups is 1. The van der Waals surface area contributed by atoms with E-state index in [2.05, 4.69) is 20.9 Å². The van der Waals surface area contributed by atoms with Crippen LogP contribution in [0, 0.1) is 5.41 Å². The molecule has 1 aromatic rings. The molecule has 0 aliphatic rings. The van der Waals surface area contributed by atoms with Crippen LogP contribution in [-0.2, 0) is 6.42 Å². The fourth-order valence-electron chi connectivity index (χ4n) is 0.984. The second-order valence-electron chi connectivity index (χ2n) is 2.52. The Kier molecular flexibility index (Phi) is 3.25. The van der Waals surface area contributed by atoms with Gasteiger partial charge < -0.3 is 10.5 Å². The second kappa shape index (κ2) is 4.23. The van der Waals surface area contributed by atoms with Gasteiger partial charge >= 0.3 is 0 Å². The number of halogens is 1. The van der Waals surface area contributed by atoms with Gasteiger partial charge in [0.05, 0.1) is 12.9 Å². The van der Waals surface area contributed by atoms with Gasteiger partial charge in [0.1, 0.15) is 0 Å². The lowest BCUT2D eigenvalue weighted by Crippen LogP contribution is -2.13. The number of hydrogen-bond donors (Lipinski definition) is 2. The molecule has 0 amide bonds. The Morgan fingerprint density at radius 1 is 1.77 bits per heavy atom. The third kappa shape index (κ3) is 2.69. The maximum atomic E-state index is 7.15. The summed E-state index contributed by atoms with van der Waals surface area (Å²) >= 11 is 3.29. The highest BCUT2D eigenvalue weighted by atomic mass is 79.9. The molecule has 1 heterocycles. The van der Waals surface area contributed by atoms with Gasteiger partial charge in [-0.05, 0) is 22.0 Å². The normalized spacial score (nSPS) is 9.69. The number of pyridine rings is 1. The SMILES string of the molecule is COc1ncc(Br)cc1CC(=N)N.